The van der Waals surface area contributed by atoms with Gasteiger partial charge in [0.2, 0.25) is 5.95 Å². The van der Waals surface area contributed by atoms with Gasteiger partial charge in [-0.1, -0.05) is 0 Å². The summed E-state index contributed by atoms with van der Waals surface area (Å²) in [4.78, 5) is 26.0. The largest absolute Gasteiger partial charge is 0.397 e. The number of carbonyl (C=O) groups excluding carboxylic acids is 1. The Hall–Kier alpha value is -3.57. The number of pyridine rings is 1. The van der Waals surface area contributed by atoms with Crippen molar-refractivity contribution in [1.82, 2.24) is 15.0 Å². The second kappa shape index (κ2) is 7.93. The van der Waals surface area contributed by atoms with Crippen molar-refractivity contribution in [2.45, 2.75) is 18.7 Å². The molecule has 0 spiro atoms. The molecule has 31 heavy (non-hydrogen) atoms. The van der Waals surface area contributed by atoms with Gasteiger partial charge in [0.25, 0.3) is 15.9 Å². The second-order valence-electron chi connectivity index (χ2n) is 6.76. The highest BCUT2D eigenvalue weighted by Crippen LogP contribution is 2.35. The highest BCUT2D eigenvalue weighted by Gasteiger charge is 2.20. The van der Waals surface area contributed by atoms with Crippen LogP contribution in [0.15, 0.2) is 53.7 Å². The number of fused-ring (bicyclic) bond motifs is 1. The molecule has 0 saturated carbocycles. The van der Waals surface area contributed by atoms with Crippen molar-refractivity contribution in [2.24, 2.45) is 0 Å². The Morgan fingerprint density at radius 1 is 1.10 bits per heavy atom. The van der Waals surface area contributed by atoms with Crippen LogP contribution in [0.4, 0.5) is 17.3 Å². The predicted molar refractivity (Wildman–Crippen MR) is 121 cm³/mol. The molecule has 0 saturated heterocycles. The fourth-order valence-corrected chi connectivity index (χ4v) is 5.14. The number of nitrogen functional groups attached to an aromatic ring is 1. The number of anilines is 3. The molecule has 1 aromatic carbocycles. The summed E-state index contributed by atoms with van der Waals surface area (Å²) < 4.78 is 27.2. The number of thiophene rings is 1. The smallest absolute Gasteiger partial charge is 0.267 e. The van der Waals surface area contributed by atoms with Crippen LogP contribution in [0.1, 0.15) is 20.9 Å². The zero-order chi connectivity index (χ0) is 22.2. The van der Waals surface area contributed by atoms with E-state index in [-0.39, 0.29) is 16.8 Å². The average Bonchev–Trinajstić information content (AvgIpc) is 3.05. The molecule has 3 heterocycles. The van der Waals surface area contributed by atoms with Crippen LogP contribution in [0.2, 0.25) is 0 Å². The standard InChI is InChI=1S/C20H18N6O3S2/c1-11-10-12(2)24-19-15(11)16(21)17(30-19)18(27)25-13-4-6-14(7-5-13)31(28,29)26-20-22-8-3-9-23-20/h3-10H,21H2,1-2H3,(H,25,27)(H,22,23,26). The van der Waals surface area contributed by atoms with E-state index in [0.717, 1.165) is 16.6 Å². The van der Waals surface area contributed by atoms with Crippen LogP contribution in [-0.2, 0) is 10.0 Å². The van der Waals surface area contributed by atoms with Crippen molar-refractivity contribution in [1.29, 1.82) is 0 Å². The quantitative estimate of drug-likeness (QED) is 0.420. The minimum absolute atomic E-state index is 0.00891. The Labute approximate surface area is 182 Å². The monoisotopic (exact) mass is 454 g/mol. The maximum Gasteiger partial charge on any atom is 0.267 e. The van der Waals surface area contributed by atoms with E-state index in [1.165, 1.54) is 48.0 Å². The van der Waals surface area contributed by atoms with Crippen molar-refractivity contribution in [3.8, 4) is 0 Å². The van der Waals surface area contributed by atoms with Gasteiger partial charge >= 0.3 is 0 Å². The lowest BCUT2D eigenvalue weighted by Crippen LogP contribution is -2.15. The van der Waals surface area contributed by atoms with Crippen molar-refractivity contribution < 1.29 is 13.2 Å². The van der Waals surface area contributed by atoms with Crippen LogP contribution in [0.25, 0.3) is 10.2 Å². The summed E-state index contributed by atoms with van der Waals surface area (Å²) in [7, 11) is -3.86. The molecule has 0 aliphatic rings. The summed E-state index contributed by atoms with van der Waals surface area (Å²) in [5.41, 5.74) is 8.83. The van der Waals surface area contributed by atoms with Crippen LogP contribution >= 0.6 is 11.3 Å². The molecule has 0 atom stereocenters. The first-order valence-corrected chi connectivity index (χ1v) is 11.4. The normalized spacial score (nSPS) is 11.4. The summed E-state index contributed by atoms with van der Waals surface area (Å²) in [5.74, 6) is -0.414. The molecule has 1 amide bonds. The van der Waals surface area contributed by atoms with E-state index in [1.54, 1.807) is 6.07 Å². The van der Waals surface area contributed by atoms with Crippen LogP contribution < -0.4 is 15.8 Å². The molecule has 158 valence electrons. The zero-order valence-corrected chi connectivity index (χ0v) is 18.2. The third-order valence-electron chi connectivity index (χ3n) is 4.44. The fraction of sp³-hybridized carbons (Fsp3) is 0.100. The maximum atomic E-state index is 12.8. The molecule has 0 aliphatic heterocycles. The van der Waals surface area contributed by atoms with Gasteiger partial charge in [-0.25, -0.2) is 28.1 Å². The van der Waals surface area contributed by atoms with Gasteiger partial charge in [0, 0.05) is 29.2 Å². The number of rotatable bonds is 5. The number of hydrogen-bond acceptors (Lipinski definition) is 8. The number of aryl methyl sites for hydroxylation is 2. The summed E-state index contributed by atoms with van der Waals surface area (Å²) in [6, 6.07) is 9.25. The first-order valence-electron chi connectivity index (χ1n) is 9.12. The zero-order valence-electron chi connectivity index (χ0n) is 16.6. The molecule has 0 unspecified atom stereocenters. The number of nitrogens with one attached hydrogen (secondary N) is 2. The van der Waals surface area contributed by atoms with Gasteiger partial charge in [-0.3, -0.25) is 4.79 Å². The summed E-state index contributed by atoms with van der Waals surface area (Å²) in [5, 5.41) is 3.52. The van der Waals surface area contributed by atoms with Gasteiger partial charge in [0.1, 0.15) is 9.71 Å². The van der Waals surface area contributed by atoms with E-state index in [9.17, 15) is 13.2 Å². The molecule has 0 radical (unpaired) electrons. The fourth-order valence-electron chi connectivity index (χ4n) is 3.07. The van der Waals surface area contributed by atoms with Crippen molar-refractivity contribution in [3.05, 3.63) is 64.9 Å². The number of carbonyl (C=O) groups is 1. The van der Waals surface area contributed by atoms with Crippen LogP contribution in [0.5, 0.6) is 0 Å². The number of aromatic nitrogens is 3. The summed E-state index contributed by atoms with van der Waals surface area (Å²) in [6.45, 7) is 3.81. The molecular formula is C20H18N6O3S2. The predicted octanol–water partition coefficient (Wildman–Crippen LogP) is 3.34. The molecule has 11 heteroatoms. The van der Waals surface area contributed by atoms with Crippen LogP contribution in [0, 0.1) is 13.8 Å². The third-order valence-corrected chi connectivity index (χ3v) is 6.89. The first kappa shape index (κ1) is 20.7. The van der Waals surface area contributed by atoms with Crippen LogP contribution in [-0.4, -0.2) is 29.3 Å². The Morgan fingerprint density at radius 2 is 1.77 bits per heavy atom. The number of hydrogen-bond donors (Lipinski definition) is 3. The average molecular weight is 455 g/mol. The lowest BCUT2D eigenvalue weighted by Gasteiger charge is -2.08. The number of nitrogens with zero attached hydrogens (tertiary/aromatic N) is 3. The van der Waals surface area contributed by atoms with Gasteiger partial charge in [0.05, 0.1) is 10.6 Å². The van der Waals surface area contributed by atoms with E-state index in [4.69, 9.17) is 5.73 Å². The number of nitrogens with two attached hydrogens (primary N) is 1. The van der Waals surface area contributed by atoms with Crippen molar-refractivity contribution in [3.63, 3.8) is 0 Å². The van der Waals surface area contributed by atoms with E-state index >= 15 is 0 Å². The second-order valence-corrected chi connectivity index (χ2v) is 9.44. The molecule has 9 nitrogen and oxygen atoms in total. The molecule has 4 aromatic rings. The number of amides is 1. The number of sulfonamides is 1. The molecule has 0 fully saturated rings. The Bertz CT molecular complexity index is 1380. The van der Waals surface area contributed by atoms with Gasteiger partial charge in [0.15, 0.2) is 0 Å². The minimum atomic E-state index is -3.86. The Balaban J connectivity index is 1.54. The van der Waals surface area contributed by atoms with Gasteiger partial charge in [-0.15, -0.1) is 11.3 Å². The Morgan fingerprint density at radius 3 is 2.45 bits per heavy atom. The summed E-state index contributed by atoms with van der Waals surface area (Å²) in [6.07, 6.45) is 2.86. The van der Waals surface area contributed by atoms with Crippen molar-refractivity contribution >= 4 is 54.8 Å². The highest BCUT2D eigenvalue weighted by atomic mass is 32.2. The minimum Gasteiger partial charge on any atom is -0.397 e. The van der Waals surface area contributed by atoms with Gasteiger partial charge in [-0.2, -0.15) is 0 Å². The molecular weight excluding hydrogens is 436 g/mol. The van der Waals surface area contributed by atoms with E-state index in [1.807, 2.05) is 19.9 Å². The van der Waals surface area contributed by atoms with E-state index in [0.29, 0.717) is 21.1 Å². The topological polar surface area (TPSA) is 140 Å². The van der Waals surface area contributed by atoms with Gasteiger partial charge < -0.3 is 11.1 Å². The molecule has 0 aliphatic carbocycles. The van der Waals surface area contributed by atoms with E-state index < -0.39 is 10.0 Å². The van der Waals surface area contributed by atoms with E-state index in [2.05, 4.69) is 25.0 Å². The third kappa shape index (κ3) is 4.18. The van der Waals surface area contributed by atoms with Crippen molar-refractivity contribution in [2.75, 3.05) is 15.8 Å². The highest BCUT2D eigenvalue weighted by molar-refractivity contribution is 7.92. The summed E-state index contributed by atoms with van der Waals surface area (Å²) >= 11 is 1.22. The molecule has 4 N–H and O–H groups in total. The van der Waals surface area contributed by atoms with Gasteiger partial charge in [-0.05, 0) is 55.8 Å². The lowest BCUT2D eigenvalue weighted by atomic mass is 10.1. The molecule has 0 bridgehead atoms. The first-order chi connectivity index (χ1) is 14.7. The molecule has 3 aromatic heterocycles. The lowest BCUT2D eigenvalue weighted by molar-refractivity contribution is 0.103. The maximum absolute atomic E-state index is 12.8. The molecule has 4 rings (SSSR count). The SMILES string of the molecule is Cc1cc(C)c2c(N)c(C(=O)Nc3ccc(S(=O)(=O)Nc4ncccn4)cc3)sc2n1. The number of benzene rings is 1. The van der Waals surface area contributed by atoms with Crippen LogP contribution in [0.3, 0.4) is 0 Å². The Kier molecular flexibility index (Phi) is 5.29.